The standard InChI is InChI=1S/C16H19N3O3S/c20-16(17-12-7-8-12)11-4-3-9-19(10-11)15-13-5-1-2-6-14(13)23(21,22)18-15/h1-2,5-6,11-12H,3-4,7-10H2,(H,17,20)/t11-/m0/s1. The Morgan fingerprint density at radius 1 is 1.22 bits per heavy atom. The van der Waals surface area contributed by atoms with E-state index in [4.69, 9.17) is 0 Å². The molecule has 0 bridgehead atoms. The Morgan fingerprint density at radius 3 is 2.78 bits per heavy atom. The smallest absolute Gasteiger partial charge is 0.285 e. The van der Waals surface area contributed by atoms with Gasteiger partial charge in [-0.2, -0.15) is 8.42 Å². The van der Waals surface area contributed by atoms with E-state index in [0.29, 0.717) is 24.0 Å². The molecule has 0 unspecified atom stereocenters. The van der Waals surface area contributed by atoms with Gasteiger partial charge in [0.1, 0.15) is 4.90 Å². The van der Waals surface area contributed by atoms with Crippen LogP contribution in [0, 0.1) is 5.92 Å². The molecule has 2 fully saturated rings. The highest BCUT2D eigenvalue weighted by atomic mass is 32.2. The fraction of sp³-hybridized carbons (Fsp3) is 0.500. The Bertz CT molecular complexity index is 784. The lowest BCUT2D eigenvalue weighted by atomic mass is 9.96. The molecule has 7 heteroatoms. The van der Waals surface area contributed by atoms with Crippen LogP contribution < -0.4 is 5.32 Å². The van der Waals surface area contributed by atoms with Crippen LogP contribution in [0.2, 0.25) is 0 Å². The summed E-state index contributed by atoms with van der Waals surface area (Å²) in [7, 11) is -3.61. The first kappa shape index (κ1) is 14.7. The van der Waals surface area contributed by atoms with Crippen LogP contribution >= 0.6 is 0 Å². The third kappa shape index (κ3) is 2.73. The zero-order valence-electron chi connectivity index (χ0n) is 12.7. The first-order valence-electron chi connectivity index (χ1n) is 8.04. The number of carbonyl (C=O) groups is 1. The van der Waals surface area contributed by atoms with E-state index in [0.717, 1.165) is 32.2 Å². The Kier molecular flexibility index (Phi) is 3.41. The minimum absolute atomic E-state index is 0.0898. The summed E-state index contributed by atoms with van der Waals surface area (Å²) in [6.45, 7) is 1.26. The lowest BCUT2D eigenvalue weighted by Crippen LogP contribution is -2.45. The number of likely N-dealkylation sites (tertiary alicyclic amines) is 1. The molecule has 6 nitrogen and oxygen atoms in total. The van der Waals surface area contributed by atoms with Crippen molar-refractivity contribution in [2.75, 3.05) is 13.1 Å². The van der Waals surface area contributed by atoms with Crippen LogP contribution in [-0.2, 0) is 14.8 Å². The van der Waals surface area contributed by atoms with Crippen molar-refractivity contribution in [3.8, 4) is 0 Å². The summed E-state index contributed by atoms with van der Waals surface area (Å²) in [4.78, 5) is 14.5. The number of sulfonamides is 1. The van der Waals surface area contributed by atoms with Crippen LogP contribution in [0.15, 0.2) is 33.6 Å². The Morgan fingerprint density at radius 2 is 2.00 bits per heavy atom. The molecule has 1 atom stereocenters. The van der Waals surface area contributed by atoms with Crippen LogP contribution in [-0.4, -0.2) is 44.2 Å². The van der Waals surface area contributed by atoms with Gasteiger partial charge in [0.2, 0.25) is 5.91 Å². The highest BCUT2D eigenvalue weighted by Gasteiger charge is 2.36. The van der Waals surface area contributed by atoms with Gasteiger partial charge in [0, 0.05) is 24.7 Å². The predicted octanol–water partition coefficient (Wildman–Crippen LogP) is 1.13. The van der Waals surface area contributed by atoms with Crippen LogP contribution in [0.3, 0.4) is 0 Å². The van der Waals surface area contributed by atoms with Crippen molar-refractivity contribution in [3.05, 3.63) is 29.8 Å². The van der Waals surface area contributed by atoms with Gasteiger partial charge < -0.3 is 10.2 Å². The number of fused-ring (bicyclic) bond motifs is 1. The van der Waals surface area contributed by atoms with Crippen molar-refractivity contribution in [1.29, 1.82) is 0 Å². The molecule has 1 aromatic rings. The zero-order chi connectivity index (χ0) is 16.0. The van der Waals surface area contributed by atoms with Gasteiger partial charge in [0.05, 0.1) is 5.92 Å². The largest absolute Gasteiger partial charge is 0.355 e. The second-order valence-electron chi connectivity index (χ2n) is 6.45. The molecule has 1 saturated heterocycles. The van der Waals surface area contributed by atoms with E-state index in [1.807, 2.05) is 11.0 Å². The Hall–Kier alpha value is -1.89. The summed E-state index contributed by atoms with van der Waals surface area (Å²) < 4.78 is 28.3. The molecule has 1 amide bonds. The Balaban J connectivity index is 1.57. The lowest BCUT2D eigenvalue weighted by molar-refractivity contribution is -0.126. The fourth-order valence-corrected chi connectivity index (χ4v) is 4.47. The zero-order valence-corrected chi connectivity index (χ0v) is 13.6. The summed E-state index contributed by atoms with van der Waals surface area (Å²) in [5.41, 5.74) is 0.649. The van der Waals surface area contributed by atoms with Crippen molar-refractivity contribution in [2.24, 2.45) is 10.3 Å². The topological polar surface area (TPSA) is 78.8 Å². The first-order chi connectivity index (χ1) is 11.0. The molecule has 2 heterocycles. The number of benzene rings is 1. The summed E-state index contributed by atoms with van der Waals surface area (Å²) >= 11 is 0. The van der Waals surface area contributed by atoms with Gasteiger partial charge in [-0.1, -0.05) is 12.1 Å². The van der Waals surface area contributed by atoms with Gasteiger partial charge in [0.25, 0.3) is 10.0 Å². The molecule has 1 aliphatic carbocycles. The number of piperidine rings is 1. The molecule has 1 saturated carbocycles. The van der Waals surface area contributed by atoms with E-state index < -0.39 is 10.0 Å². The van der Waals surface area contributed by atoms with E-state index >= 15 is 0 Å². The number of nitrogens with one attached hydrogen (secondary N) is 1. The highest BCUT2D eigenvalue weighted by molar-refractivity contribution is 7.90. The molecule has 4 rings (SSSR count). The van der Waals surface area contributed by atoms with Crippen LogP contribution in [0.1, 0.15) is 31.2 Å². The van der Waals surface area contributed by atoms with Gasteiger partial charge in [-0.25, -0.2) is 0 Å². The molecular weight excluding hydrogens is 314 g/mol. The number of nitrogens with zero attached hydrogens (tertiary/aromatic N) is 2. The number of amides is 1. The van der Waals surface area contributed by atoms with Crippen LogP contribution in [0.4, 0.5) is 0 Å². The van der Waals surface area contributed by atoms with E-state index in [1.54, 1.807) is 18.2 Å². The monoisotopic (exact) mass is 333 g/mol. The third-order valence-corrected chi connectivity index (χ3v) is 5.95. The minimum Gasteiger partial charge on any atom is -0.355 e. The molecule has 3 aliphatic rings. The number of rotatable bonds is 2. The fourth-order valence-electron chi connectivity index (χ4n) is 3.25. The maximum atomic E-state index is 12.3. The average Bonchev–Trinajstić information content (AvgIpc) is 3.32. The highest BCUT2D eigenvalue weighted by Crippen LogP contribution is 2.30. The molecule has 0 spiro atoms. The number of carbonyl (C=O) groups excluding carboxylic acids is 1. The lowest BCUT2D eigenvalue weighted by Gasteiger charge is -2.33. The van der Waals surface area contributed by atoms with Crippen molar-refractivity contribution in [3.63, 3.8) is 0 Å². The van der Waals surface area contributed by atoms with E-state index in [2.05, 4.69) is 9.71 Å². The first-order valence-corrected chi connectivity index (χ1v) is 9.48. The van der Waals surface area contributed by atoms with Crippen molar-refractivity contribution < 1.29 is 13.2 Å². The number of hydrogen-bond acceptors (Lipinski definition) is 4. The molecule has 23 heavy (non-hydrogen) atoms. The molecule has 0 aromatic heterocycles. The van der Waals surface area contributed by atoms with Crippen molar-refractivity contribution in [2.45, 2.75) is 36.6 Å². The quantitative estimate of drug-likeness (QED) is 0.880. The molecule has 0 radical (unpaired) electrons. The van der Waals surface area contributed by atoms with Crippen LogP contribution in [0.5, 0.6) is 0 Å². The van der Waals surface area contributed by atoms with Crippen molar-refractivity contribution >= 4 is 21.8 Å². The summed E-state index contributed by atoms with van der Waals surface area (Å²) in [6.07, 6.45) is 3.85. The van der Waals surface area contributed by atoms with E-state index in [-0.39, 0.29) is 16.7 Å². The summed E-state index contributed by atoms with van der Waals surface area (Å²) in [5, 5.41) is 3.05. The van der Waals surface area contributed by atoms with Crippen molar-refractivity contribution in [1.82, 2.24) is 10.2 Å². The third-order valence-electron chi connectivity index (χ3n) is 4.63. The maximum Gasteiger partial charge on any atom is 0.285 e. The second-order valence-corrected chi connectivity index (χ2v) is 8.03. The molecule has 1 N–H and O–H groups in total. The average molecular weight is 333 g/mol. The normalized spacial score (nSPS) is 25.7. The maximum absolute atomic E-state index is 12.3. The molecular formula is C16H19N3O3S. The predicted molar refractivity (Wildman–Crippen MR) is 85.6 cm³/mol. The Labute approximate surface area is 135 Å². The van der Waals surface area contributed by atoms with Gasteiger partial charge in [-0.3, -0.25) is 4.79 Å². The molecule has 122 valence electrons. The van der Waals surface area contributed by atoms with Crippen LogP contribution in [0.25, 0.3) is 0 Å². The summed E-state index contributed by atoms with van der Waals surface area (Å²) in [6, 6.07) is 7.24. The number of amidine groups is 1. The van der Waals surface area contributed by atoms with Gasteiger partial charge in [0.15, 0.2) is 5.84 Å². The molecule has 2 aliphatic heterocycles. The van der Waals surface area contributed by atoms with Gasteiger partial charge in [-0.15, -0.1) is 4.40 Å². The summed E-state index contributed by atoms with van der Waals surface area (Å²) in [5.74, 6) is 0.485. The van der Waals surface area contributed by atoms with Gasteiger partial charge in [-0.05, 0) is 37.8 Å². The van der Waals surface area contributed by atoms with Gasteiger partial charge >= 0.3 is 0 Å². The van der Waals surface area contributed by atoms with E-state index in [1.165, 1.54) is 0 Å². The molecule has 1 aromatic carbocycles. The van der Waals surface area contributed by atoms with E-state index in [9.17, 15) is 13.2 Å². The SMILES string of the molecule is O=C(NC1CC1)[C@H]1CCCN(C2=NS(=O)(=O)c3ccccc32)C1. The second kappa shape index (κ2) is 5.33. The minimum atomic E-state index is -3.61. The number of hydrogen-bond donors (Lipinski definition) is 1.